The molecule has 2 N–H and O–H groups in total. The Hall–Kier alpha value is -2.88. The molecule has 0 saturated carbocycles. The van der Waals surface area contributed by atoms with Crippen LogP contribution in [-0.4, -0.2) is 56.9 Å². The Morgan fingerprint density at radius 2 is 2.04 bits per heavy atom. The molecule has 2 aromatic rings. The fourth-order valence-electron chi connectivity index (χ4n) is 2.27. The number of hydrogen-bond donors (Lipinski definition) is 2. The summed E-state index contributed by atoms with van der Waals surface area (Å²) >= 11 is 0. The number of carbonyl (C=O) groups excluding carboxylic acids is 1. The van der Waals surface area contributed by atoms with Crippen molar-refractivity contribution in [2.45, 2.75) is 25.4 Å². The van der Waals surface area contributed by atoms with Crippen LogP contribution in [0.2, 0.25) is 0 Å². The van der Waals surface area contributed by atoms with Crippen LogP contribution < -0.4 is 5.32 Å². The van der Waals surface area contributed by atoms with Crippen molar-refractivity contribution in [3.63, 3.8) is 0 Å². The molecule has 0 aliphatic carbocycles. The Labute approximate surface area is 142 Å². The van der Waals surface area contributed by atoms with Gasteiger partial charge in [-0.1, -0.05) is 12.1 Å². The van der Waals surface area contributed by atoms with Gasteiger partial charge in [0.15, 0.2) is 6.04 Å². The number of aliphatic carboxylic acids is 1. The van der Waals surface area contributed by atoms with Gasteiger partial charge in [-0.15, -0.1) is 5.10 Å². The molecule has 25 heavy (non-hydrogen) atoms. The van der Waals surface area contributed by atoms with Crippen LogP contribution >= 0.6 is 0 Å². The summed E-state index contributed by atoms with van der Waals surface area (Å²) in [6.45, 7) is 1.44. The lowest BCUT2D eigenvalue weighted by Gasteiger charge is -2.20. The zero-order valence-corrected chi connectivity index (χ0v) is 13.7. The number of aryl methyl sites for hydroxylation is 1. The van der Waals surface area contributed by atoms with Crippen molar-refractivity contribution in [3.8, 4) is 0 Å². The molecule has 1 aromatic heterocycles. The molecule has 2 unspecified atom stereocenters. The number of amides is 1. The van der Waals surface area contributed by atoms with Gasteiger partial charge in [0.2, 0.25) is 5.91 Å². The SMILES string of the molecule is COCC(NC(=O)C(Cc1ccc(F)cc1)n1nnnc1C)C(=O)O. The average molecular weight is 351 g/mol. The number of aromatic nitrogens is 4. The Kier molecular flexibility index (Phi) is 6.12. The highest BCUT2D eigenvalue weighted by Crippen LogP contribution is 2.16. The van der Waals surface area contributed by atoms with Crippen LogP contribution in [-0.2, 0) is 20.7 Å². The van der Waals surface area contributed by atoms with E-state index in [2.05, 4.69) is 20.8 Å². The largest absolute Gasteiger partial charge is 0.480 e. The van der Waals surface area contributed by atoms with Gasteiger partial charge >= 0.3 is 5.97 Å². The number of carboxylic acids is 1. The summed E-state index contributed by atoms with van der Waals surface area (Å²) in [5, 5.41) is 22.6. The lowest BCUT2D eigenvalue weighted by Crippen LogP contribution is -2.47. The summed E-state index contributed by atoms with van der Waals surface area (Å²) in [5.74, 6) is -1.80. The van der Waals surface area contributed by atoms with E-state index in [0.717, 1.165) is 0 Å². The number of methoxy groups -OCH3 is 1. The topological polar surface area (TPSA) is 119 Å². The third-order valence-corrected chi connectivity index (χ3v) is 3.55. The van der Waals surface area contributed by atoms with Gasteiger partial charge in [-0.3, -0.25) is 4.79 Å². The minimum absolute atomic E-state index is 0.164. The quantitative estimate of drug-likeness (QED) is 0.693. The predicted molar refractivity (Wildman–Crippen MR) is 83.1 cm³/mol. The van der Waals surface area contributed by atoms with E-state index < -0.39 is 29.8 Å². The second-order valence-electron chi connectivity index (χ2n) is 5.37. The maximum Gasteiger partial charge on any atom is 0.328 e. The number of hydrogen-bond acceptors (Lipinski definition) is 6. The van der Waals surface area contributed by atoms with Gasteiger partial charge in [0.05, 0.1) is 6.61 Å². The minimum Gasteiger partial charge on any atom is -0.480 e. The van der Waals surface area contributed by atoms with Gasteiger partial charge in [0.25, 0.3) is 0 Å². The molecule has 1 heterocycles. The van der Waals surface area contributed by atoms with Crippen LogP contribution in [0.5, 0.6) is 0 Å². The molecule has 0 aliphatic rings. The highest BCUT2D eigenvalue weighted by molar-refractivity contribution is 5.86. The maximum absolute atomic E-state index is 13.1. The van der Waals surface area contributed by atoms with Gasteiger partial charge in [0, 0.05) is 13.5 Å². The summed E-state index contributed by atoms with van der Waals surface area (Å²) in [7, 11) is 1.34. The van der Waals surface area contributed by atoms with Crippen molar-refractivity contribution in [1.29, 1.82) is 0 Å². The number of nitrogens with zero attached hydrogens (tertiary/aromatic N) is 4. The fraction of sp³-hybridized carbons (Fsp3) is 0.400. The van der Waals surface area contributed by atoms with Crippen molar-refractivity contribution in [3.05, 3.63) is 41.5 Å². The standard InChI is InChI=1S/C15H18FN5O4/c1-9-18-19-20-21(9)13(7-10-3-5-11(16)6-4-10)14(22)17-12(8-25-2)15(23)24/h3-6,12-13H,7-8H2,1-2H3,(H,17,22)(H,23,24). The molecule has 0 spiro atoms. The van der Waals surface area contributed by atoms with Gasteiger partial charge in [-0.25, -0.2) is 13.9 Å². The third kappa shape index (κ3) is 4.80. The Morgan fingerprint density at radius 3 is 2.56 bits per heavy atom. The van der Waals surface area contributed by atoms with E-state index in [1.807, 2.05) is 0 Å². The summed E-state index contributed by atoms with van der Waals surface area (Å²) in [6.07, 6.45) is 0.164. The van der Waals surface area contributed by atoms with E-state index in [9.17, 15) is 14.0 Å². The monoisotopic (exact) mass is 351 g/mol. The smallest absolute Gasteiger partial charge is 0.328 e. The van der Waals surface area contributed by atoms with Crippen LogP contribution in [0.25, 0.3) is 0 Å². The summed E-state index contributed by atoms with van der Waals surface area (Å²) in [6, 6.07) is 3.55. The predicted octanol–water partition coefficient (Wildman–Crippen LogP) is 0.120. The van der Waals surface area contributed by atoms with E-state index in [1.165, 1.54) is 23.9 Å². The van der Waals surface area contributed by atoms with Crippen molar-refractivity contribution in [1.82, 2.24) is 25.5 Å². The van der Waals surface area contributed by atoms with Gasteiger partial charge in [0.1, 0.15) is 17.7 Å². The molecule has 134 valence electrons. The van der Waals surface area contributed by atoms with E-state index in [0.29, 0.717) is 11.4 Å². The van der Waals surface area contributed by atoms with Crippen LogP contribution in [0.15, 0.2) is 24.3 Å². The summed E-state index contributed by atoms with van der Waals surface area (Å²) < 4.78 is 19.2. The fourth-order valence-corrected chi connectivity index (χ4v) is 2.27. The minimum atomic E-state index is -1.22. The highest BCUT2D eigenvalue weighted by atomic mass is 19.1. The first-order chi connectivity index (χ1) is 11.9. The number of carboxylic acid groups (broad SMARTS) is 1. The highest BCUT2D eigenvalue weighted by Gasteiger charge is 2.28. The molecule has 9 nitrogen and oxygen atoms in total. The van der Waals surface area contributed by atoms with Crippen LogP contribution in [0, 0.1) is 12.7 Å². The van der Waals surface area contributed by atoms with Gasteiger partial charge in [-0.2, -0.15) is 0 Å². The lowest BCUT2D eigenvalue weighted by atomic mass is 10.0. The molecule has 0 fully saturated rings. The summed E-state index contributed by atoms with van der Waals surface area (Å²) in [5.41, 5.74) is 0.676. The molecule has 0 aliphatic heterocycles. The van der Waals surface area contributed by atoms with Crippen molar-refractivity contribution < 1.29 is 23.8 Å². The zero-order chi connectivity index (χ0) is 18.4. The molecule has 10 heteroatoms. The molecule has 2 rings (SSSR count). The molecular formula is C15H18FN5O4. The number of carbonyl (C=O) groups is 2. The van der Waals surface area contributed by atoms with Gasteiger partial charge in [-0.05, 0) is 35.0 Å². The number of ether oxygens (including phenoxy) is 1. The first kappa shape index (κ1) is 18.5. The van der Waals surface area contributed by atoms with Gasteiger partial charge < -0.3 is 15.2 Å². The Balaban J connectivity index is 2.25. The molecule has 2 atom stereocenters. The first-order valence-corrected chi connectivity index (χ1v) is 7.43. The normalized spacial score (nSPS) is 13.2. The first-order valence-electron chi connectivity index (χ1n) is 7.43. The number of halogens is 1. The lowest BCUT2D eigenvalue weighted by molar-refractivity contribution is -0.143. The van der Waals surface area contributed by atoms with E-state index in [4.69, 9.17) is 9.84 Å². The van der Waals surface area contributed by atoms with E-state index >= 15 is 0 Å². The van der Waals surface area contributed by atoms with Crippen molar-refractivity contribution in [2.75, 3.05) is 13.7 Å². The molecule has 1 amide bonds. The zero-order valence-electron chi connectivity index (χ0n) is 13.7. The maximum atomic E-state index is 13.1. The van der Waals surface area contributed by atoms with Crippen molar-refractivity contribution in [2.24, 2.45) is 0 Å². The molecule has 0 saturated heterocycles. The molecule has 0 bridgehead atoms. The molecule has 1 aromatic carbocycles. The second kappa shape index (κ2) is 8.29. The Morgan fingerprint density at radius 1 is 1.36 bits per heavy atom. The van der Waals surface area contributed by atoms with E-state index in [1.54, 1.807) is 19.1 Å². The number of rotatable bonds is 8. The van der Waals surface area contributed by atoms with E-state index in [-0.39, 0.29) is 13.0 Å². The molecule has 0 radical (unpaired) electrons. The number of tetrazole rings is 1. The second-order valence-corrected chi connectivity index (χ2v) is 5.37. The summed E-state index contributed by atoms with van der Waals surface area (Å²) in [4.78, 5) is 23.8. The average Bonchev–Trinajstić information content (AvgIpc) is 2.99. The van der Waals surface area contributed by atoms with Crippen LogP contribution in [0.3, 0.4) is 0 Å². The van der Waals surface area contributed by atoms with Crippen LogP contribution in [0.1, 0.15) is 17.4 Å². The van der Waals surface area contributed by atoms with Crippen LogP contribution in [0.4, 0.5) is 4.39 Å². The molecular weight excluding hydrogens is 333 g/mol. The third-order valence-electron chi connectivity index (χ3n) is 3.55. The number of nitrogens with one attached hydrogen (secondary N) is 1. The van der Waals surface area contributed by atoms with Crippen molar-refractivity contribution >= 4 is 11.9 Å². The number of benzene rings is 1. The Bertz CT molecular complexity index is 734.